The maximum Gasteiger partial charge on any atom is 0.0688 e. The summed E-state index contributed by atoms with van der Waals surface area (Å²) in [6, 6.07) is 32.6. The average molecular weight is 462 g/mol. The summed E-state index contributed by atoms with van der Waals surface area (Å²) in [4.78, 5) is 0. The molecule has 0 amide bonds. The summed E-state index contributed by atoms with van der Waals surface area (Å²) in [6.45, 7) is 3.83. The van der Waals surface area contributed by atoms with Crippen molar-refractivity contribution >= 4 is 16.5 Å². The van der Waals surface area contributed by atoms with Gasteiger partial charge in [0.15, 0.2) is 0 Å². The van der Waals surface area contributed by atoms with Gasteiger partial charge in [0.25, 0.3) is 0 Å². The number of aliphatic hydroxyl groups is 3. The molecule has 1 heterocycles. The van der Waals surface area contributed by atoms with Gasteiger partial charge in [-0.05, 0) is 81.4 Å². The van der Waals surface area contributed by atoms with Crippen LogP contribution in [-0.2, 0) is 19.8 Å². The lowest BCUT2D eigenvalue weighted by Gasteiger charge is -2.16. The number of nitrogens with zero attached hydrogens (tertiary/aromatic N) is 1. The van der Waals surface area contributed by atoms with Crippen LogP contribution in [0.4, 0.5) is 0 Å². The molecular weight excluding hydrogens is 434 g/mol. The number of benzene rings is 4. The third-order valence-electron chi connectivity index (χ3n) is 6.51. The molecule has 0 bridgehead atoms. The molecule has 35 heavy (non-hydrogen) atoms. The maximum atomic E-state index is 9.83. The Morgan fingerprint density at radius 2 is 1.34 bits per heavy atom. The van der Waals surface area contributed by atoms with E-state index in [1.165, 1.54) is 0 Å². The molecule has 4 aromatic carbocycles. The van der Waals surface area contributed by atoms with E-state index in [1.54, 1.807) is 0 Å². The molecule has 0 aliphatic carbocycles. The van der Waals surface area contributed by atoms with E-state index in [9.17, 15) is 15.3 Å². The zero-order valence-electron chi connectivity index (χ0n) is 19.4. The Morgan fingerprint density at radius 3 is 2.03 bits per heavy atom. The van der Waals surface area contributed by atoms with Crippen LogP contribution in [0.2, 0.25) is 0 Å². The minimum Gasteiger partial charge on any atom is -0.392 e. The number of rotatable bonds is 7. The molecule has 0 aliphatic rings. The van der Waals surface area contributed by atoms with E-state index < -0.39 is 0 Å². The van der Waals surface area contributed by atoms with Crippen molar-refractivity contribution in [3.05, 3.63) is 132 Å². The van der Waals surface area contributed by atoms with Gasteiger partial charge >= 0.3 is 0 Å². The highest BCUT2D eigenvalue weighted by molar-refractivity contribution is 5.91. The summed E-state index contributed by atoms with van der Waals surface area (Å²) in [7, 11) is 0. The minimum absolute atomic E-state index is 0.208. The Balaban J connectivity index is 1.62. The molecule has 3 N–H and O–H groups in total. The molecule has 0 fully saturated rings. The molecule has 5 aromatic rings. The Bertz CT molecular complexity index is 1490. The summed E-state index contributed by atoms with van der Waals surface area (Å²) in [6.07, 6.45) is 0. The van der Waals surface area contributed by atoms with Gasteiger partial charge in [-0.1, -0.05) is 61.2 Å². The first-order valence-corrected chi connectivity index (χ1v) is 11.6. The number of fused-ring (bicyclic) bond motifs is 1. The zero-order chi connectivity index (χ0) is 24.4. The zero-order valence-corrected chi connectivity index (χ0v) is 19.4. The standard InChI is InChI=1S/C31H27NO3/c1-21(31-17-24-8-5-6-13-30(24)32(31)28-11-3-2-4-12-28)22-9-7-10-23(14-22)25-15-26(18-33)29(20-35)27(16-25)19-34/h2-17,33-35H,1,18-20H2. The Morgan fingerprint density at radius 1 is 0.657 bits per heavy atom. The third-order valence-corrected chi connectivity index (χ3v) is 6.51. The molecular formula is C31H27NO3. The van der Waals surface area contributed by atoms with Crippen molar-refractivity contribution in [2.45, 2.75) is 19.8 Å². The summed E-state index contributed by atoms with van der Waals surface area (Å²) in [5, 5.41) is 30.5. The highest BCUT2D eigenvalue weighted by Crippen LogP contribution is 2.34. The lowest BCUT2D eigenvalue weighted by Crippen LogP contribution is -2.02. The Kier molecular flexibility index (Phi) is 6.34. The van der Waals surface area contributed by atoms with Gasteiger partial charge in [0.1, 0.15) is 0 Å². The average Bonchev–Trinajstić information content (AvgIpc) is 3.32. The predicted octanol–water partition coefficient (Wildman–Crippen LogP) is 5.84. The number of hydrogen-bond donors (Lipinski definition) is 3. The Labute approximate surface area is 204 Å². The summed E-state index contributed by atoms with van der Waals surface area (Å²) >= 11 is 0. The fraction of sp³-hybridized carbons (Fsp3) is 0.0968. The first kappa shape index (κ1) is 22.8. The van der Waals surface area contributed by atoms with Gasteiger partial charge in [-0.3, -0.25) is 0 Å². The second-order valence-electron chi connectivity index (χ2n) is 8.57. The van der Waals surface area contributed by atoms with E-state index in [4.69, 9.17) is 0 Å². The molecule has 0 aliphatic heterocycles. The first-order chi connectivity index (χ1) is 17.1. The number of aromatic nitrogens is 1. The van der Waals surface area contributed by atoms with Gasteiger partial charge in [0.05, 0.1) is 31.0 Å². The van der Waals surface area contributed by atoms with Crippen LogP contribution in [0.5, 0.6) is 0 Å². The first-order valence-electron chi connectivity index (χ1n) is 11.6. The van der Waals surface area contributed by atoms with Crippen LogP contribution >= 0.6 is 0 Å². The number of para-hydroxylation sites is 2. The van der Waals surface area contributed by atoms with E-state index in [-0.39, 0.29) is 19.8 Å². The molecule has 5 rings (SSSR count). The van der Waals surface area contributed by atoms with Crippen LogP contribution in [0.1, 0.15) is 27.9 Å². The highest BCUT2D eigenvalue weighted by Gasteiger charge is 2.16. The monoisotopic (exact) mass is 461 g/mol. The van der Waals surface area contributed by atoms with Gasteiger partial charge in [0, 0.05) is 11.1 Å². The van der Waals surface area contributed by atoms with E-state index in [2.05, 4.69) is 47.5 Å². The van der Waals surface area contributed by atoms with Crippen LogP contribution in [0.25, 0.3) is 33.3 Å². The fourth-order valence-electron chi connectivity index (χ4n) is 4.72. The van der Waals surface area contributed by atoms with E-state index >= 15 is 0 Å². The topological polar surface area (TPSA) is 65.6 Å². The van der Waals surface area contributed by atoms with Gasteiger partial charge in [-0.2, -0.15) is 0 Å². The van der Waals surface area contributed by atoms with Gasteiger partial charge in [-0.25, -0.2) is 0 Å². The van der Waals surface area contributed by atoms with Crippen molar-refractivity contribution in [2.75, 3.05) is 0 Å². The molecule has 4 heteroatoms. The van der Waals surface area contributed by atoms with Gasteiger partial charge in [0.2, 0.25) is 0 Å². The van der Waals surface area contributed by atoms with Gasteiger partial charge < -0.3 is 19.9 Å². The smallest absolute Gasteiger partial charge is 0.0688 e. The second kappa shape index (κ2) is 9.72. The number of aliphatic hydroxyl groups excluding tert-OH is 3. The summed E-state index contributed by atoms with van der Waals surface area (Å²) in [5.41, 5.74) is 8.68. The summed E-state index contributed by atoms with van der Waals surface area (Å²) < 4.78 is 2.23. The predicted molar refractivity (Wildman–Crippen MR) is 141 cm³/mol. The largest absolute Gasteiger partial charge is 0.392 e. The molecule has 0 saturated heterocycles. The molecule has 174 valence electrons. The SMILES string of the molecule is C=C(c1cccc(-c2cc(CO)c(CO)c(CO)c2)c1)c1cc2ccccc2n1-c1ccccc1. The fourth-order valence-corrected chi connectivity index (χ4v) is 4.72. The van der Waals surface area contributed by atoms with Crippen molar-refractivity contribution in [2.24, 2.45) is 0 Å². The highest BCUT2D eigenvalue weighted by atomic mass is 16.3. The molecule has 0 saturated carbocycles. The lowest BCUT2D eigenvalue weighted by molar-refractivity contribution is 0.248. The minimum atomic E-state index is -0.229. The van der Waals surface area contributed by atoms with Crippen molar-refractivity contribution < 1.29 is 15.3 Å². The third kappa shape index (κ3) is 4.19. The molecule has 4 nitrogen and oxygen atoms in total. The van der Waals surface area contributed by atoms with Crippen LogP contribution in [0.15, 0.2) is 104 Å². The van der Waals surface area contributed by atoms with E-state index in [1.807, 2.05) is 60.7 Å². The molecule has 0 unspecified atom stereocenters. The van der Waals surface area contributed by atoms with Gasteiger partial charge in [-0.15, -0.1) is 0 Å². The van der Waals surface area contributed by atoms with E-state index in [0.717, 1.165) is 44.5 Å². The summed E-state index contributed by atoms with van der Waals surface area (Å²) in [5.74, 6) is 0. The van der Waals surface area contributed by atoms with Crippen LogP contribution in [0, 0.1) is 0 Å². The van der Waals surface area contributed by atoms with E-state index in [0.29, 0.717) is 16.7 Å². The van der Waals surface area contributed by atoms with Crippen molar-refractivity contribution in [3.8, 4) is 16.8 Å². The van der Waals surface area contributed by atoms with Crippen molar-refractivity contribution in [1.29, 1.82) is 0 Å². The second-order valence-corrected chi connectivity index (χ2v) is 8.57. The van der Waals surface area contributed by atoms with Crippen LogP contribution < -0.4 is 0 Å². The molecule has 1 aromatic heterocycles. The normalized spacial score (nSPS) is 11.2. The van der Waals surface area contributed by atoms with Crippen LogP contribution in [-0.4, -0.2) is 19.9 Å². The Hall–Kier alpha value is -3.96. The quantitative estimate of drug-likeness (QED) is 0.285. The molecule has 0 radical (unpaired) electrons. The lowest BCUT2D eigenvalue weighted by atomic mass is 9.93. The van der Waals surface area contributed by atoms with Crippen molar-refractivity contribution in [3.63, 3.8) is 0 Å². The van der Waals surface area contributed by atoms with Crippen molar-refractivity contribution in [1.82, 2.24) is 4.57 Å². The molecule has 0 atom stereocenters. The number of hydrogen-bond acceptors (Lipinski definition) is 3. The van der Waals surface area contributed by atoms with Crippen LogP contribution in [0.3, 0.4) is 0 Å². The molecule has 0 spiro atoms. The maximum absolute atomic E-state index is 9.83.